The molecule has 0 aromatic heterocycles. The SMILES string of the molecule is COc1ccc(C(Cl)c2cc(F)ccc2C)c(F)c1. The maximum Gasteiger partial charge on any atom is 0.131 e. The summed E-state index contributed by atoms with van der Waals surface area (Å²) in [7, 11) is 1.46. The van der Waals surface area contributed by atoms with Crippen molar-refractivity contribution in [3.05, 3.63) is 64.7 Å². The van der Waals surface area contributed by atoms with E-state index >= 15 is 0 Å². The zero-order chi connectivity index (χ0) is 14.0. The molecule has 0 amide bonds. The highest BCUT2D eigenvalue weighted by Crippen LogP contribution is 2.34. The summed E-state index contributed by atoms with van der Waals surface area (Å²) in [5, 5.41) is -0.735. The molecule has 1 unspecified atom stereocenters. The van der Waals surface area contributed by atoms with Crippen molar-refractivity contribution in [3.8, 4) is 5.75 Å². The monoisotopic (exact) mass is 282 g/mol. The third kappa shape index (κ3) is 2.87. The molecule has 2 aromatic rings. The van der Waals surface area contributed by atoms with Gasteiger partial charge in [-0.1, -0.05) is 12.1 Å². The predicted octanol–water partition coefficient (Wildman–Crippen LogP) is 4.61. The Morgan fingerprint density at radius 2 is 1.79 bits per heavy atom. The first-order valence-corrected chi connectivity index (χ1v) is 6.20. The van der Waals surface area contributed by atoms with E-state index in [9.17, 15) is 8.78 Å². The Hall–Kier alpha value is -1.61. The molecule has 0 N–H and O–H groups in total. The van der Waals surface area contributed by atoms with Gasteiger partial charge in [0.15, 0.2) is 0 Å². The number of ether oxygens (including phenoxy) is 1. The van der Waals surface area contributed by atoms with E-state index in [0.717, 1.165) is 5.56 Å². The van der Waals surface area contributed by atoms with E-state index in [2.05, 4.69) is 0 Å². The van der Waals surface area contributed by atoms with E-state index in [0.29, 0.717) is 16.9 Å². The quantitative estimate of drug-likeness (QED) is 0.747. The number of alkyl halides is 1. The average Bonchev–Trinajstić information content (AvgIpc) is 2.40. The third-order valence-electron chi connectivity index (χ3n) is 3.00. The van der Waals surface area contributed by atoms with Gasteiger partial charge in [0.1, 0.15) is 17.4 Å². The molecule has 4 heteroatoms. The van der Waals surface area contributed by atoms with Gasteiger partial charge in [0.05, 0.1) is 12.5 Å². The van der Waals surface area contributed by atoms with Gasteiger partial charge in [-0.2, -0.15) is 0 Å². The summed E-state index contributed by atoms with van der Waals surface area (Å²) >= 11 is 6.26. The van der Waals surface area contributed by atoms with E-state index in [4.69, 9.17) is 16.3 Å². The minimum absolute atomic E-state index is 0.302. The van der Waals surface area contributed by atoms with Gasteiger partial charge in [0.2, 0.25) is 0 Å². The van der Waals surface area contributed by atoms with E-state index in [-0.39, 0.29) is 5.82 Å². The Kier molecular flexibility index (Phi) is 4.05. The van der Waals surface area contributed by atoms with Crippen LogP contribution in [0.25, 0.3) is 0 Å². The number of methoxy groups -OCH3 is 1. The zero-order valence-electron chi connectivity index (χ0n) is 10.6. The summed E-state index contributed by atoms with van der Waals surface area (Å²) in [5.41, 5.74) is 1.68. The molecule has 0 aliphatic rings. The molecule has 1 nitrogen and oxygen atoms in total. The lowest BCUT2D eigenvalue weighted by atomic mass is 9.99. The van der Waals surface area contributed by atoms with Gasteiger partial charge in [-0.15, -0.1) is 11.6 Å². The van der Waals surface area contributed by atoms with Gasteiger partial charge in [-0.25, -0.2) is 8.78 Å². The summed E-state index contributed by atoms with van der Waals surface area (Å²) in [6, 6.07) is 8.75. The van der Waals surface area contributed by atoms with Gasteiger partial charge in [-0.05, 0) is 36.2 Å². The number of benzene rings is 2. The van der Waals surface area contributed by atoms with Crippen LogP contribution >= 0.6 is 11.6 Å². The molecule has 2 aromatic carbocycles. The summed E-state index contributed by atoms with van der Waals surface area (Å²) in [6.07, 6.45) is 0. The van der Waals surface area contributed by atoms with Crippen LogP contribution in [0.2, 0.25) is 0 Å². The Bertz CT molecular complexity index is 599. The van der Waals surface area contributed by atoms with Gasteiger partial charge in [0, 0.05) is 11.6 Å². The predicted molar refractivity (Wildman–Crippen MR) is 71.8 cm³/mol. The highest BCUT2D eigenvalue weighted by molar-refractivity contribution is 6.22. The largest absolute Gasteiger partial charge is 0.497 e. The maximum atomic E-state index is 13.9. The molecular weight excluding hydrogens is 270 g/mol. The molecule has 0 saturated carbocycles. The molecule has 0 saturated heterocycles. The second-order valence-corrected chi connectivity index (χ2v) is 4.69. The number of rotatable bonds is 3. The fourth-order valence-corrected chi connectivity index (χ4v) is 2.30. The molecule has 0 radical (unpaired) electrons. The van der Waals surface area contributed by atoms with E-state index in [1.165, 1.54) is 25.3 Å². The summed E-state index contributed by atoms with van der Waals surface area (Å²) in [6.45, 7) is 1.81. The minimum atomic E-state index is -0.735. The second-order valence-electron chi connectivity index (χ2n) is 4.25. The molecule has 0 heterocycles. The fraction of sp³-hybridized carbons (Fsp3) is 0.200. The topological polar surface area (TPSA) is 9.23 Å². The van der Waals surface area contributed by atoms with Crippen LogP contribution in [-0.2, 0) is 0 Å². The number of aryl methyl sites for hydroxylation is 1. The van der Waals surface area contributed by atoms with Crippen molar-refractivity contribution in [2.45, 2.75) is 12.3 Å². The van der Waals surface area contributed by atoms with Crippen molar-refractivity contribution < 1.29 is 13.5 Å². The zero-order valence-corrected chi connectivity index (χ0v) is 11.3. The van der Waals surface area contributed by atoms with Crippen LogP contribution in [-0.4, -0.2) is 7.11 Å². The van der Waals surface area contributed by atoms with Crippen molar-refractivity contribution in [1.82, 2.24) is 0 Å². The van der Waals surface area contributed by atoms with Gasteiger partial charge in [-0.3, -0.25) is 0 Å². The van der Waals surface area contributed by atoms with Crippen LogP contribution in [0, 0.1) is 18.6 Å². The first-order valence-electron chi connectivity index (χ1n) is 5.76. The van der Waals surface area contributed by atoms with Crippen molar-refractivity contribution >= 4 is 11.6 Å². The molecule has 0 aliphatic carbocycles. The Labute approximate surface area is 115 Å². The fourth-order valence-electron chi connectivity index (χ4n) is 1.89. The first kappa shape index (κ1) is 13.8. The Morgan fingerprint density at radius 3 is 2.42 bits per heavy atom. The molecular formula is C15H13ClF2O. The lowest BCUT2D eigenvalue weighted by Gasteiger charge is -2.14. The van der Waals surface area contributed by atoms with Crippen LogP contribution in [0.1, 0.15) is 22.1 Å². The standard InChI is InChI=1S/C15H13ClF2O/c1-9-3-4-10(17)7-13(9)15(16)12-6-5-11(19-2)8-14(12)18/h3-8,15H,1-2H3. The molecule has 0 spiro atoms. The number of hydrogen-bond acceptors (Lipinski definition) is 1. The molecule has 100 valence electrons. The maximum absolute atomic E-state index is 13.9. The van der Waals surface area contributed by atoms with Crippen LogP contribution in [0.4, 0.5) is 8.78 Å². The lowest BCUT2D eigenvalue weighted by Crippen LogP contribution is -2.00. The summed E-state index contributed by atoms with van der Waals surface area (Å²) in [5.74, 6) is -0.440. The first-order chi connectivity index (χ1) is 9.02. The van der Waals surface area contributed by atoms with E-state index < -0.39 is 11.2 Å². The second kappa shape index (κ2) is 5.57. The van der Waals surface area contributed by atoms with Crippen molar-refractivity contribution in [1.29, 1.82) is 0 Å². The van der Waals surface area contributed by atoms with Crippen LogP contribution in [0.5, 0.6) is 5.75 Å². The molecule has 0 fully saturated rings. The van der Waals surface area contributed by atoms with Crippen molar-refractivity contribution in [2.75, 3.05) is 7.11 Å². The average molecular weight is 283 g/mol. The molecule has 0 bridgehead atoms. The van der Waals surface area contributed by atoms with Crippen molar-refractivity contribution in [2.24, 2.45) is 0 Å². The minimum Gasteiger partial charge on any atom is -0.497 e. The van der Waals surface area contributed by atoms with Crippen LogP contribution in [0.3, 0.4) is 0 Å². The Morgan fingerprint density at radius 1 is 1.05 bits per heavy atom. The lowest BCUT2D eigenvalue weighted by molar-refractivity contribution is 0.410. The summed E-state index contributed by atoms with van der Waals surface area (Å²) in [4.78, 5) is 0. The highest BCUT2D eigenvalue weighted by atomic mass is 35.5. The third-order valence-corrected chi connectivity index (χ3v) is 3.47. The molecule has 1 atom stereocenters. The van der Waals surface area contributed by atoms with Crippen molar-refractivity contribution in [3.63, 3.8) is 0 Å². The van der Waals surface area contributed by atoms with Gasteiger partial charge < -0.3 is 4.74 Å². The highest BCUT2D eigenvalue weighted by Gasteiger charge is 2.18. The molecule has 0 aliphatic heterocycles. The summed E-state index contributed by atoms with van der Waals surface area (Å²) < 4.78 is 32.2. The normalized spacial score (nSPS) is 12.3. The molecule has 2 rings (SSSR count). The van der Waals surface area contributed by atoms with E-state index in [1.54, 1.807) is 18.2 Å². The van der Waals surface area contributed by atoms with Crippen LogP contribution in [0.15, 0.2) is 36.4 Å². The molecule has 19 heavy (non-hydrogen) atoms. The van der Waals surface area contributed by atoms with E-state index in [1.807, 2.05) is 6.92 Å². The Balaban J connectivity index is 2.43. The number of halogens is 3. The smallest absolute Gasteiger partial charge is 0.131 e. The number of hydrogen-bond donors (Lipinski definition) is 0. The van der Waals surface area contributed by atoms with Gasteiger partial charge >= 0.3 is 0 Å². The van der Waals surface area contributed by atoms with Crippen LogP contribution < -0.4 is 4.74 Å². The van der Waals surface area contributed by atoms with Gasteiger partial charge in [0.25, 0.3) is 0 Å².